The van der Waals surface area contributed by atoms with Crippen molar-refractivity contribution in [1.82, 2.24) is 20.2 Å². The molecule has 3 aliphatic rings. The van der Waals surface area contributed by atoms with Crippen molar-refractivity contribution in [3.8, 4) is 0 Å². The number of nitrogens with one attached hydrogen (secondary N) is 1. The van der Waals surface area contributed by atoms with Crippen molar-refractivity contribution < 1.29 is 14.3 Å². The average Bonchev–Trinajstić information content (AvgIpc) is 2.95. The Morgan fingerprint density at radius 2 is 1.67 bits per heavy atom. The van der Waals surface area contributed by atoms with Gasteiger partial charge in [0.25, 0.3) is 0 Å². The number of nitrogens with zero attached hydrogens (tertiary/aromatic N) is 4. The summed E-state index contributed by atoms with van der Waals surface area (Å²) in [6.07, 6.45) is 11.1. The molecule has 1 saturated heterocycles. The fourth-order valence-corrected chi connectivity index (χ4v) is 6.36. The Balaban J connectivity index is 1.17. The molecule has 3 fully saturated rings. The summed E-state index contributed by atoms with van der Waals surface area (Å²) in [5, 5.41) is 3.38. The molecule has 39 heavy (non-hydrogen) atoms. The Morgan fingerprint density at radius 1 is 0.974 bits per heavy atom. The van der Waals surface area contributed by atoms with Crippen LogP contribution in [0.1, 0.15) is 90.1 Å². The first-order valence-electron chi connectivity index (χ1n) is 15.4. The van der Waals surface area contributed by atoms with E-state index in [2.05, 4.69) is 42.0 Å². The lowest BCUT2D eigenvalue weighted by molar-refractivity contribution is -0.127. The predicted octanol–water partition coefficient (Wildman–Crippen LogP) is 4.36. The van der Waals surface area contributed by atoms with Gasteiger partial charge in [0.2, 0.25) is 5.91 Å². The van der Waals surface area contributed by atoms with Crippen molar-refractivity contribution in [2.45, 2.75) is 103 Å². The molecular formula is C31H53N5O3. The van der Waals surface area contributed by atoms with Gasteiger partial charge in [0.1, 0.15) is 11.6 Å². The second-order valence-electron chi connectivity index (χ2n) is 13.1. The molecule has 2 saturated carbocycles. The summed E-state index contributed by atoms with van der Waals surface area (Å²) in [7, 11) is 3.53. The Labute approximate surface area is 236 Å². The number of aromatic nitrogens is 2. The topological polar surface area (TPSA) is 79.8 Å². The molecule has 2 heterocycles. The van der Waals surface area contributed by atoms with E-state index in [9.17, 15) is 4.79 Å². The zero-order valence-electron chi connectivity index (χ0n) is 25.2. The summed E-state index contributed by atoms with van der Waals surface area (Å²) in [5.41, 5.74) is 0.991. The maximum atomic E-state index is 12.8. The van der Waals surface area contributed by atoms with Crippen LogP contribution in [0.5, 0.6) is 0 Å². The minimum Gasteiger partial charge on any atom is -0.384 e. The highest BCUT2D eigenvalue weighted by Crippen LogP contribution is 2.30. The molecule has 1 aromatic rings. The van der Waals surface area contributed by atoms with Crippen LogP contribution in [-0.4, -0.2) is 86.5 Å². The minimum absolute atomic E-state index is 0.0783. The van der Waals surface area contributed by atoms with Crippen LogP contribution in [0.2, 0.25) is 0 Å². The summed E-state index contributed by atoms with van der Waals surface area (Å²) in [6.45, 7) is 12.6. The normalized spacial score (nSPS) is 26.9. The summed E-state index contributed by atoms with van der Waals surface area (Å²) in [6, 6.07) is 2.53. The molecule has 0 spiro atoms. The van der Waals surface area contributed by atoms with Crippen LogP contribution in [0.25, 0.3) is 0 Å². The lowest BCUT2D eigenvalue weighted by Crippen LogP contribution is -2.47. The molecule has 1 N–H and O–H groups in total. The van der Waals surface area contributed by atoms with E-state index in [0.717, 1.165) is 94.4 Å². The lowest BCUT2D eigenvalue weighted by atomic mass is 9.83. The average molecular weight is 544 g/mol. The predicted molar refractivity (Wildman–Crippen MR) is 156 cm³/mol. The monoisotopic (exact) mass is 543 g/mol. The number of ether oxygens (including phenoxy) is 2. The number of methoxy groups -OCH3 is 2. The van der Waals surface area contributed by atoms with E-state index in [1.807, 2.05) is 0 Å². The third-order valence-corrected chi connectivity index (χ3v) is 9.12. The lowest BCUT2D eigenvalue weighted by Gasteiger charge is -2.37. The zero-order valence-corrected chi connectivity index (χ0v) is 25.2. The highest BCUT2D eigenvalue weighted by molar-refractivity contribution is 5.79. The SMILES string of the molecule is COCCc1cc(N2CCN(CCC3CCC(NC(=O)C4CCC(OC)CC4)CC3)CC2)nc(C(C)(C)C)n1. The third-order valence-electron chi connectivity index (χ3n) is 9.12. The summed E-state index contributed by atoms with van der Waals surface area (Å²) in [5.74, 6) is 3.24. The molecule has 0 atom stereocenters. The van der Waals surface area contributed by atoms with Gasteiger partial charge in [-0.2, -0.15) is 0 Å². The summed E-state index contributed by atoms with van der Waals surface area (Å²) in [4.78, 5) is 27.6. The van der Waals surface area contributed by atoms with Gasteiger partial charge in [-0.1, -0.05) is 20.8 Å². The highest BCUT2D eigenvalue weighted by Gasteiger charge is 2.30. The van der Waals surface area contributed by atoms with E-state index >= 15 is 0 Å². The van der Waals surface area contributed by atoms with Crippen LogP contribution in [0, 0.1) is 11.8 Å². The molecule has 2 aliphatic carbocycles. The number of rotatable bonds is 10. The van der Waals surface area contributed by atoms with Crippen LogP contribution >= 0.6 is 0 Å². The smallest absolute Gasteiger partial charge is 0.223 e. The van der Waals surface area contributed by atoms with E-state index in [0.29, 0.717) is 18.8 Å². The van der Waals surface area contributed by atoms with E-state index in [-0.39, 0.29) is 17.2 Å². The van der Waals surface area contributed by atoms with Crippen molar-refractivity contribution in [2.75, 3.05) is 58.5 Å². The van der Waals surface area contributed by atoms with E-state index < -0.39 is 0 Å². The van der Waals surface area contributed by atoms with Gasteiger partial charge in [-0.05, 0) is 70.3 Å². The van der Waals surface area contributed by atoms with Gasteiger partial charge < -0.3 is 19.7 Å². The van der Waals surface area contributed by atoms with Crippen LogP contribution in [0.4, 0.5) is 5.82 Å². The number of hydrogen-bond donors (Lipinski definition) is 1. The number of hydrogen-bond acceptors (Lipinski definition) is 7. The quantitative estimate of drug-likeness (QED) is 0.470. The van der Waals surface area contributed by atoms with Crippen molar-refractivity contribution >= 4 is 11.7 Å². The molecule has 8 heteroatoms. The van der Waals surface area contributed by atoms with Gasteiger partial charge >= 0.3 is 0 Å². The number of anilines is 1. The number of carbonyl (C=O) groups excluding carboxylic acids is 1. The molecule has 1 aromatic heterocycles. The van der Waals surface area contributed by atoms with Crippen molar-refractivity contribution in [1.29, 1.82) is 0 Å². The molecule has 0 radical (unpaired) electrons. The van der Waals surface area contributed by atoms with E-state index in [4.69, 9.17) is 19.4 Å². The maximum Gasteiger partial charge on any atom is 0.223 e. The van der Waals surface area contributed by atoms with E-state index in [1.165, 1.54) is 25.8 Å². The minimum atomic E-state index is -0.0783. The van der Waals surface area contributed by atoms with Gasteiger partial charge in [0.05, 0.1) is 12.7 Å². The van der Waals surface area contributed by atoms with E-state index in [1.54, 1.807) is 14.2 Å². The molecule has 4 rings (SSSR count). The van der Waals surface area contributed by atoms with Crippen LogP contribution in [0.3, 0.4) is 0 Å². The second-order valence-corrected chi connectivity index (χ2v) is 13.1. The fourth-order valence-electron chi connectivity index (χ4n) is 6.36. The molecule has 0 aromatic carbocycles. The number of piperazine rings is 1. The molecule has 1 aliphatic heterocycles. The molecule has 220 valence electrons. The first-order chi connectivity index (χ1) is 18.7. The zero-order chi connectivity index (χ0) is 27.8. The molecule has 0 unspecified atom stereocenters. The van der Waals surface area contributed by atoms with Gasteiger partial charge in [-0.15, -0.1) is 0 Å². The maximum absolute atomic E-state index is 12.8. The number of amides is 1. The van der Waals surface area contributed by atoms with Gasteiger partial charge in [-0.25, -0.2) is 9.97 Å². The van der Waals surface area contributed by atoms with Crippen molar-refractivity contribution in [2.24, 2.45) is 11.8 Å². The van der Waals surface area contributed by atoms with Crippen LogP contribution in [0.15, 0.2) is 6.07 Å². The molecule has 0 bridgehead atoms. The molecule has 8 nitrogen and oxygen atoms in total. The standard InChI is InChI=1S/C31H53N5O3/c1-31(2,3)30-33-26(15-21-38-4)22-28(34-30)36-19-17-35(18-20-36)16-14-23-6-10-25(11-7-23)32-29(37)24-8-12-27(39-5)13-9-24/h22-25,27H,6-21H2,1-5H3,(H,32,37). The van der Waals surface area contributed by atoms with Crippen molar-refractivity contribution in [3.05, 3.63) is 17.6 Å². The second kappa shape index (κ2) is 14.2. The van der Waals surface area contributed by atoms with Gasteiger partial charge in [0, 0.05) is 76.0 Å². The van der Waals surface area contributed by atoms with Gasteiger partial charge in [0.15, 0.2) is 0 Å². The number of carbonyl (C=O) groups is 1. The largest absolute Gasteiger partial charge is 0.384 e. The first-order valence-corrected chi connectivity index (χ1v) is 15.4. The first kappa shape index (κ1) is 30.2. The van der Waals surface area contributed by atoms with Crippen LogP contribution in [-0.2, 0) is 26.1 Å². The Hall–Kier alpha value is -1.77. The van der Waals surface area contributed by atoms with Crippen molar-refractivity contribution in [3.63, 3.8) is 0 Å². The van der Waals surface area contributed by atoms with Gasteiger partial charge in [-0.3, -0.25) is 9.69 Å². The Kier molecular flexibility index (Phi) is 11.0. The third kappa shape index (κ3) is 8.86. The molecule has 1 amide bonds. The highest BCUT2D eigenvalue weighted by atomic mass is 16.5. The Bertz CT molecular complexity index is 896. The molecular weight excluding hydrogens is 490 g/mol. The summed E-state index contributed by atoms with van der Waals surface area (Å²) >= 11 is 0. The Morgan fingerprint density at radius 3 is 2.28 bits per heavy atom. The fraction of sp³-hybridized carbons (Fsp3) is 0.839. The van der Waals surface area contributed by atoms with Crippen LogP contribution < -0.4 is 10.2 Å². The summed E-state index contributed by atoms with van der Waals surface area (Å²) < 4.78 is 10.8.